The first-order chi connectivity index (χ1) is 11.0. The summed E-state index contributed by atoms with van der Waals surface area (Å²) in [6.45, 7) is 1.22. The van der Waals surface area contributed by atoms with Crippen molar-refractivity contribution in [3.63, 3.8) is 0 Å². The van der Waals surface area contributed by atoms with Gasteiger partial charge in [0.2, 0.25) is 15.9 Å². The van der Waals surface area contributed by atoms with Crippen LogP contribution in [-0.2, 0) is 21.2 Å². The first kappa shape index (κ1) is 20.6. The summed E-state index contributed by atoms with van der Waals surface area (Å²) in [5.41, 5.74) is 4.22. The van der Waals surface area contributed by atoms with Crippen LogP contribution in [-0.4, -0.2) is 41.5 Å². The lowest BCUT2D eigenvalue weighted by Gasteiger charge is -2.23. The van der Waals surface area contributed by atoms with Crippen molar-refractivity contribution in [1.82, 2.24) is 0 Å². The third-order valence-corrected chi connectivity index (χ3v) is 5.28. The summed E-state index contributed by atoms with van der Waals surface area (Å²) in [5.74, 6) is -0.938. The van der Waals surface area contributed by atoms with E-state index in [4.69, 9.17) is 10.9 Å². The van der Waals surface area contributed by atoms with Crippen LogP contribution >= 0.6 is 0 Å². The Morgan fingerprint density at radius 1 is 1.33 bits per heavy atom. The van der Waals surface area contributed by atoms with Crippen molar-refractivity contribution in [3.05, 3.63) is 42.3 Å². The van der Waals surface area contributed by atoms with Gasteiger partial charge in [-0.25, -0.2) is 13.6 Å². The molecule has 1 aromatic rings. The minimum atomic E-state index is -3.93. The van der Waals surface area contributed by atoms with Gasteiger partial charge in [-0.3, -0.25) is 4.79 Å². The molecule has 3 atom stereocenters. The van der Waals surface area contributed by atoms with E-state index in [9.17, 15) is 23.4 Å². The van der Waals surface area contributed by atoms with E-state index in [0.717, 1.165) is 5.56 Å². The summed E-state index contributed by atoms with van der Waals surface area (Å²) in [7, 11) is -3.93. The zero-order valence-corrected chi connectivity index (χ0v) is 14.4. The molecule has 0 heterocycles. The molecule has 6 N–H and O–H groups in total. The van der Waals surface area contributed by atoms with E-state index in [1.54, 1.807) is 6.42 Å². The molecule has 24 heavy (non-hydrogen) atoms. The molecule has 0 aliphatic carbocycles. The van der Waals surface area contributed by atoms with E-state index in [1.165, 1.54) is 6.92 Å². The van der Waals surface area contributed by atoms with Crippen molar-refractivity contribution >= 4 is 15.9 Å². The number of primary sulfonamides is 1. The molecular formula is C16H25N2O5S. The van der Waals surface area contributed by atoms with Crippen LogP contribution in [0.2, 0.25) is 0 Å². The number of hydrogen-bond donors (Lipinski definition) is 4. The highest BCUT2D eigenvalue weighted by Gasteiger charge is 2.32. The van der Waals surface area contributed by atoms with Crippen LogP contribution in [0.25, 0.3) is 0 Å². The monoisotopic (exact) mass is 357 g/mol. The number of amides is 1. The minimum Gasteiger partial charge on any atom is -0.393 e. The van der Waals surface area contributed by atoms with Crippen molar-refractivity contribution < 1.29 is 23.4 Å². The smallest absolute Gasteiger partial charge is 0.249 e. The molecular weight excluding hydrogens is 332 g/mol. The molecule has 0 saturated carbocycles. The number of carbonyl (C=O) groups excluding carboxylic acids is 1. The van der Waals surface area contributed by atoms with Gasteiger partial charge in [0.25, 0.3) is 0 Å². The van der Waals surface area contributed by atoms with Crippen LogP contribution in [0.15, 0.2) is 30.3 Å². The van der Waals surface area contributed by atoms with Crippen molar-refractivity contribution in [1.29, 1.82) is 0 Å². The molecule has 0 fully saturated rings. The highest BCUT2D eigenvalue weighted by atomic mass is 32.2. The molecule has 8 heteroatoms. The maximum Gasteiger partial charge on any atom is 0.249 e. The molecule has 0 saturated heterocycles. The highest BCUT2D eigenvalue weighted by Crippen LogP contribution is 2.20. The number of aliphatic hydroxyl groups excluding tert-OH is 1. The number of primary amides is 1. The fourth-order valence-electron chi connectivity index (χ4n) is 2.23. The number of nitrogens with two attached hydrogens (primary N) is 2. The summed E-state index contributed by atoms with van der Waals surface area (Å²) in [6.07, 6.45) is 0.755. The van der Waals surface area contributed by atoms with Crippen molar-refractivity contribution in [2.45, 2.75) is 49.6 Å². The molecule has 0 spiro atoms. The summed E-state index contributed by atoms with van der Waals surface area (Å²) < 4.78 is 23.4. The third-order valence-electron chi connectivity index (χ3n) is 3.92. The Morgan fingerprint density at radius 3 is 2.42 bits per heavy atom. The van der Waals surface area contributed by atoms with Gasteiger partial charge in [0.15, 0.2) is 0 Å². The number of sulfonamides is 1. The first-order valence-electron chi connectivity index (χ1n) is 7.61. The number of hydrogen-bond acceptors (Lipinski definition) is 5. The van der Waals surface area contributed by atoms with Crippen molar-refractivity contribution in [2.24, 2.45) is 10.9 Å². The van der Waals surface area contributed by atoms with Gasteiger partial charge in [-0.1, -0.05) is 30.3 Å². The lowest BCUT2D eigenvalue weighted by Crippen LogP contribution is -2.42. The molecule has 1 aromatic carbocycles. The fraction of sp³-hybridized carbons (Fsp3) is 0.500. The summed E-state index contributed by atoms with van der Waals surface area (Å²) in [6, 6.07) is 9.40. The van der Waals surface area contributed by atoms with Crippen LogP contribution in [0.3, 0.4) is 0 Å². The van der Waals surface area contributed by atoms with E-state index in [1.807, 2.05) is 30.3 Å². The zero-order chi connectivity index (χ0) is 18.4. The van der Waals surface area contributed by atoms with Crippen LogP contribution in [0.5, 0.6) is 0 Å². The molecule has 1 amide bonds. The number of carbonyl (C=O) groups is 1. The SMILES string of the molecule is CC(O)(CC[C@H](C[C@@H](O)[CH]Cc1ccccc1)S(N)(=O)=O)C(N)=O. The maximum absolute atomic E-state index is 11.7. The Bertz CT molecular complexity index is 631. The number of benzene rings is 1. The summed E-state index contributed by atoms with van der Waals surface area (Å²) in [4.78, 5) is 11.1. The van der Waals surface area contributed by atoms with Gasteiger partial charge in [-0.15, -0.1) is 0 Å². The van der Waals surface area contributed by atoms with Gasteiger partial charge in [-0.2, -0.15) is 0 Å². The number of rotatable bonds is 10. The van der Waals surface area contributed by atoms with E-state index in [0.29, 0.717) is 6.42 Å². The van der Waals surface area contributed by atoms with Gasteiger partial charge < -0.3 is 15.9 Å². The summed E-state index contributed by atoms with van der Waals surface area (Å²) in [5, 5.41) is 24.0. The molecule has 135 valence electrons. The predicted octanol–water partition coefficient (Wildman–Crippen LogP) is -0.142. The Hall–Kier alpha value is -1.48. The third kappa shape index (κ3) is 6.96. The maximum atomic E-state index is 11.7. The second-order valence-corrected chi connectivity index (χ2v) is 7.96. The fourth-order valence-corrected chi connectivity index (χ4v) is 3.15. The van der Waals surface area contributed by atoms with Crippen LogP contribution in [0.1, 0.15) is 31.7 Å². The Morgan fingerprint density at radius 2 is 1.92 bits per heavy atom. The molecule has 1 unspecified atom stereocenters. The largest absolute Gasteiger partial charge is 0.393 e. The normalized spacial score (nSPS) is 17.0. The summed E-state index contributed by atoms with van der Waals surface area (Å²) >= 11 is 0. The molecule has 0 aliphatic heterocycles. The molecule has 7 nitrogen and oxygen atoms in total. The van der Waals surface area contributed by atoms with Crippen LogP contribution in [0.4, 0.5) is 0 Å². The Balaban J connectivity index is 2.61. The van der Waals surface area contributed by atoms with Gasteiger partial charge >= 0.3 is 0 Å². The van der Waals surface area contributed by atoms with E-state index in [-0.39, 0.29) is 19.3 Å². The van der Waals surface area contributed by atoms with Crippen molar-refractivity contribution in [3.8, 4) is 0 Å². The van der Waals surface area contributed by atoms with Gasteiger partial charge in [-0.05, 0) is 44.6 Å². The average molecular weight is 357 g/mol. The van der Waals surface area contributed by atoms with Gasteiger partial charge in [0.1, 0.15) is 5.60 Å². The lowest BCUT2D eigenvalue weighted by molar-refractivity contribution is -0.135. The van der Waals surface area contributed by atoms with Crippen LogP contribution in [0, 0.1) is 6.42 Å². The first-order valence-corrected chi connectivity index (χ1v) is 9.22. The zero-order valence-electron chi connectivity index (χ0n) is 13.6. The second kappa shape index (κ2) is 8.57. The predicted molar refractivity (Wildman–Crippen MR) is 91.0 cm³/mol. The lowest BCUT2D eigenvalue weighted by atomic mass is 9.95. The van der Waals surface area contributed by atoms with Crippen LogP contribution < -0.4 is 10.9 Å². The molecule has 1 radical (unpaired) electrons. The molecule has 0 aliphatic rings. The Kier molecular flexibility index (Phi) is 7.34. The van der Waals surface area contributed by atoms with Crippen molar-refractivity contribution in [2.75, 3.05) is 0 Å². The topological polar surface area (TPSA) is 144 Å². The highest BCUT2D eigenvalue weighted by molar-refractivity contribution is 7.89. The minimum absolute atomic E-state index is 0.0784. The van der Waals surface area contributed by atoms with E-state index in [2.05, 4.69) is 0 Å². The van der Waals surface area contributed by atoms with E-state index < -0.39 is 32.9 Å². The van der Waals surface area contributed by atoms with Gasteiger partial charge in [0.05, 0.1) is 11.4 Å². The molecule has 0 bridgehead atoms. The van der Waals surface area contributed by atoms with E-state index >= 15 is 0 Å². The average Bonchev–Trinajstić information content (AvgIpc) is 2.49. The number of aliphatic hydroxyl groups is 2. The standard InChI is InChI=1S/C16H25N2O5S/c1-16(21,15(17)20)10-9-14(24(18,22)23)11-13(19)8-7-12-5-3-2-4-6-12/h2-6,8,13-14,19,21H,7,9-11H2,1H3,(H2,17,20)(H2,18,22,23)/t13-,14+,16?/m0/s1. The Labute approximate surface area is 142 Å². The second-order valence-electron chi connectivity index (χ2n) is 6.12. The quantitative estimate of drug-likeness (QED) is 0.461. The molecule has 0 aromatic heterocycles. The molecule has 1 rings (SSSR count). The van der Waals surface area contributed by atoms with Gasteiger partial charge in [0, 0.05) is 0 Å².